The molecule has 0 fully saturated rings. The summed E-state index contributed by atoms with van der Waals surface area (Å²) >= 11 is 3.35. The molecule has 0 aliphatic heterocycles. The van der Waals surface area contributed by atoms with E-state index in [9.17, 15) is 0 Å². The molecule has 0 spiro atoms. The Morgan fingerprint density at radius 3 is 2.33 bits per heavy atom. The molecular weight excluding hydrogens is 258 g/mol. The summed E-state index contributed by atoms with van der Waals surface area (Å²) in [7, 11) is 3.14. The average Bonchev–Trinajstić information content (AvgIpc) is 2.28. The maximum absolute atomic E-state index is 8.97. The number of halogens is 1. The molecule has 0 aliphatic rings. The van der Waals surface area contributed by atoms with E-state index < -0.39 is 0 Å². The van der Waals surface area contributed by atoms with Crippen molar-refractivity contribution in [3.63, 3.8) is 0 Å². The van der Waals surface area contributed by atoms with Gasteiger partial charge < -0.3 is 9.47 Å². The van der Waals surface area contributed by atoms with Gasteiger partial charge in [0.1, 0.15) is 0 Å². The van der Waals surface area contributed by atoms with E-state index >= 15 is 0 Å². The van der Waals surface area contributed by atoms with Crippen molar-refractivity contribution in [2.45, 2.75) is 6.42 Å². The van der Waals surface area contributed by atoms with Crippen molar-refractivity contribution in [2.75, 3.05) is 19.5 Å². The van der Waals surface area contributed by atoms with E-state index in [4.69, 9.17) is 14.7 Å². The summed E-state index contributed by atoms with van der Waals surface area (Å²) in [6.07, 6.45) is 0.795. The number of hydrogen-bond acceptors (Lipinski definition) is 3. The SMILES string of the molecule is COc1cc(C#N)c(CCBr)cc1OC. The van der Waals surface area contributed by atoms with Crippen LogP contribution < -0.4 is 9.47 Å². The first-order valence-corrected chi connectivity index (χ1v) is 5.60. The zero-order valence-corrected chi connectivity index (χ0v) is 10.3. The molecule has 0 bridgehead atoms. The molecule has 0 aromatic heterocycles. The van der Waals surface area contributed by atoms with Crippen LogP contribution in [0, 0.1) is 11.3 Å². The molecule has 1 aromatic rings. The largest absolute Gasteiger partial charge is 0.493 e. The lowest BCUT2D eigenvalue weighted by atomic mass is 10.1. The summed E-state index contributed by atoms with van der Waals surface area (Å²) in [6.45, 7) is 0. The van der Waals surface area contributed by atoms with E-state index in [-0.39, 0.29) is 0 Å². The molecule has 3 nitrogen and oxygen atoms in total. The Hall–Kier alpha value is -1.21. The van der Waals surface area contributed by atoms with Crippen LogP contribution in [-0.2, 0) is 6.42 Å². The second-order valence-electron chi connectivity index (χ2n) is 2.92. The van der Waals surface area contributed by atoms with Gasteiger partial charge in [-0.25, -0.2) is 0 Å². The van der Waals surface area contributed by atoms with Crippen LogP contribution in [0.1, 0.15) is 11.1 Å². The van der Waals surface area contributed by atoms with E-state index in [2.05, 4.69) is 22.0 Å². The number of alkyl halides is 1. The second kappa shape index (κ2) is 5.62. The second-order valence-corrected chi connectivity index (χ2v) is 3.71. The highest BCUT2D eigenvalue weighted by atomic mass is 79.9. The van der Waals surface area contributed by atoms with Gasteiger partial charge in [-0.05, 0) is 18.1 Å². The molecule has 0 saturated carbocycles. The third-order valence-corrected chi connectivity index (χ3v) is 2.49. The molecular formula is C11H12BrNO2. The van der Waals surface area contributed by atoms with E-state index in [1.807, 2.05) is 6.07 Å². The molecule has 0 radical (unpaired) electrons. The molecule has 0 unspecified atom stereocenters. The Balaban J connectivity index is 3.22. The number of nitrogens with zero attached hydrogens (tertiary/aromatic N) is 1. The van der Waals surface area contributed by atoms with Crippen LogP contribution in [0.4, 0.5) is 0 Å². The Morgan fingerprint density at radius 2 is 1.87 bits per heavy atom. The average molecular weight is 270 g/mol. The molecule has 80 valence electrons. The first-order valence-electron chi connectivity index (χ1n) is 4.47. The standard InChI is InChI=1S/C11H12BrNO2/c1-14-10-5-8(3-4-12)9(7-13)6-11(10)15-2/h5-6H,3-4H2,1-2H3. The van der Waals surface area contributed by atoms with Crippen LogP contribution in [0.2, 0.25) is 0 Å². The van der Waals surface area contributed by atoms with Gasteiger partial charge >= 0.3 is 0 Å². The number of benzene rings is 1. The van der Waals surface area contributed by atoms with Crippen molar-refractivity contribution in [3.05, 3.63) is 23.3 Å². The van der Waals surface area contributed by atoms with Gasteiger partial charge in [0.05, 0.1) is 25.9 Å². The first-order chi connectivity index (χ1) is 7.26. The summed E-state index contributed by atoms with van der Waals surface area (Å²) in [4.78, 5) is 0. The molecule has 0 saturated heterocycles. The minimum absolute atomic E-state index is 0.590. The maximum atomic E-state index is 8.97. The van der Waals surface area contributed by atoms with Crippen molar-refractivity contribution in [1.82, 2.24) is 0 Å². The first kappa shape index (κ1) is 11.9. The topological polar surface area (TPSA) is 42.2 Å². The number of hydrogen-bond donors (Lipinski definition) is 0. The predicted molar refractivity (Wildman–Crippen MR) is 61.8 cm³/mol. The van der Waals surface area contributed by atoms with E-state index in [1.165, 1.54) is 0 Å². The van der Waals surface area contributed by atoms with Gasteiger partial charge in [0.25, 0.3) is 0 Å². The fraction of sp³-hybridized carbons (Fsp3) is 0.364. The highest BCUT2D eigenvalue weighted by Crippen LogP contribution is 2.30. The molecule has 1 rings (SSSR count). The van der Waals surface area contributed by atoms with Gasteiger partial charge in [-0.1, -0.05) is 15.9 Å². The minimum atomic E-state index is 0.590. The van der Waals surface area contributed by atoms with Crippen LogP contribution in [0.5, 0.6) is 11.5 Å². The zero-order chi connectivity index (χ0) is 11.3. The Bertz CT molecular complexity index is 385. The molecule has 4 heteroatoms. The number of nitriles is 1. The summed E-state index contributed by atoms with van der Waals surface area (Å²) in [6, 6.07) is 5.70. The summed E-state index contributed by atoms with van der Waals surface area (Å²) in [5.41, 5.74) is 1.60. The molecule has 0 aliphatic carbocycles. The summed E-state index contributed by atoms with van der Waals surface area (Å²) < 4.78 is 10.3. The summed E-state index contributed by atoms with van der Waals surface area (Å²) in [5, 5.41) is 9.78. The van der Waals surface area contributed by atoms with Gasteiger partial charge in [-0.15, -0.1) is 0 Å². The third-order valence-electron chi connectivity index (χ3n) is 2.09. The minimum Gasteiger partial charge on any atom is -0.493 e. The van der Waals surface area contributed by atoms with Crippen LogP contribution in [-0.4, -0.2) is 19.5 Å². The van der Waals surface area contributed by atoms with Gasteiger partial charge in [0.2, 0.25) is 0 Å². The van der Waals surface area contributed by atoms with Gasteiger partial charge in [-0.3, -0.25) is 0 Å². The van der Waals surface area contributed by atoms with Crippen LogP contribution in [0.15, 0.2) is 12.1 Å². The van der Waals surface area contributed by atoms with Crippen molar-refractivity contribution in [1.29, 1.82) is 5.26 Å². The lowest BCUT2D eigenvalue weighted by Crippen LogP contribution is -1.97. The molecule has 15 heavy (non-hydrogen) atoms. The molecule has 0 N–H and O–H groups in total. The highest BCUT2D eigenvalue weighted by Gasteiger charge is 2.10. The summed E-state index contributed by atoms with van der Waals surface area (Å²) in [5.74, 6) is 1.25. The number of ether oxygens (including phenoxy) is 2. The number of rotatable bonds is 4. The van der Waals surface area contributed by atoms with Gasteiger partial charge in [0, 0.05) is 11.4 Å². The quantitative estimate of drug-likeness (QED) is 0.789. The van der Waals surface area contributed by atoms with Crippen LogP contribution >= 0.6 is 15.9 Å². The van der Waals surface area contributed by atoms with Crippen molar-refractivity contribution >= 4 is 15.9 Å². The molecule has 1 aromatic carbocycles. The van der Waals surface area contributed by atoms with Gasteiger partial charge in [0.15, 0.2) is 11.5 Å². The van der Waals surface area contributed by atoms with E-state index in [1.54, 1.807) is 20.3 Å². The van der Waals surface area contributed by atoms with E-state index in [0.717, 1.165) is 17.3 Å². The predicted octanol–water partition coefficient (Wildman–Crippen LogP) is 2.51. The van der Waals surface area contributed by atoms with Crippen molar-refractivity contribution in [2.24, 2.45) is 0 Å². The normalized spacial score (nSPS) is 9.47. The maximum Gasteiger partial charge on any atom is 0.162 e. The van der Waals surface area contributed by atoms with Crippen molar-refractivity contribution < 1.29 is 9.47 Å². The third kappa shape index (κ3) is 2.63. The lowest BCUT2D eigenvalue weighted by Gasteiger charge is -2.10. The fourth-order valence-electron chi connectivity index (χ4n) is 1.33. The fourth-order valence-corrected chi connectivity index (χ4v) is 1.76. The zero-order valence-electron chi connectivity index (χ0n) is 8.71. The van der Waals surface area contributed by atoms with Crippen LogP contribution in [0.3, 0.4) is 0 Å². The number of methoxy groups -OCH3 is 2. The lowest BCUT2D eigenvalue weighted by molar-refractivity contribution is 0.354. The Labute approximate surface area is 97.7 Å². The molecule has 0 heterocycles. The van der Waals surface area contributed by atoms with E-state index in [0.29, 0.717) is 17.1 Å². The Kier molecular flexibility index (Phi) is 4.44. The van der Waals surface area contributed by atoms with Gasteiger partial charge in [-0.2, -0.15) is 5.26 Å². The highest BCUT2D eigenvalue weighted by molar-refractivity contribution is 9.09. The molecule has 0 atom stereocenters. The number of aryl methyl sites for hydroxylation is 1. The smallest absolute Gasteiger partial charge is 0.162 e. The molecule has 0 amide bonds. The Morgan fingerprint density at radius 1 is 1.27 bits per heavy atom. The monoisotopic (exact) mass is 269 g/mol. The van der Waals surface area contributed by atoms with Crippen LogP contribution in [0.25, 0.3) is 0 Å². The van der Waals surface area contributed by atoms with Crippen molar-refractivity contribution in [3.8, 4) is 17.6 Å².